The zero-order valence-corrected chi connectivity index (χ0v) is 13.1. The van der Waals surface area contributed by atoms with Crippen LogP contribution in [0.15, 0.2) is 0 Å². The zero-order chi connectivity index (χ0) is 15.8. The highest BCUT2D eigenvalue weighted by Crippen LogP contribution is 2.12. The van der Waals surface area contributed by atoms with E-state index in [-0.39, 0.29) is 12.5 Å². The van der Waals surface area contributed by atoms with Crippen LogP contribution in [0.5, 0.6) is 0 Å². The molecule has 0 bridgehead atoms. The molecule has 0 saturated carbocycles. The number of hydrogen-bond acceptors (Lipinski definition) is 4. The van der Waals surface area contributed by atoms with E-state index in [9.17, 15) is 14.4 Å². The zero-order valence-electron chi connectivity index (χ0n) is 12.3. The monoisotopic (exact) mass is 305 g/mol. The van der Waals surface area contributed by atoms with Crippen LogP contribution < -0.4 is 16.0 Å². The summed E-state index contributed by atoms with van der Waals surface area (Å²) in [6.07, 6.45) is 2.22. The third-order valence-electron chi connectivity index (χ3n) is 2.75. The molecule has 0 aliphatic rings. The molecule has 0 fully saturated rings. The number of carbonyl (C=O) groups is 3. The first-order valence-corrected chi connectivity index (χ1v) is 7.62. The lowest BCUT2D eigenvalue weighted by atomic mass is 9.92. The van der Waals surface area contributed by atoms with Gasteiger partial charge in [0.25, 0.3) is 0 Å². The number of carboxylic acids is 1. The standard InChI is InChI=1S/C12H23N3O4S/c1-12(2,10(18)13-3)7-14-11(19)15-8(9(16)17)5-6-20-4/h8H,5-7H2,1-4H3,(H,13,18)(H,16,17)(H2,14,15,19). The van der Waals surface area contributed by atoms with E-state index >= 15 is 0 Å². The summed E-state index contributed by atoms with van der Waals surface area (Å²) in [5, 5.41) is 16.4. The second kappa shape index (κ2) is 8.68. The molecular weight excluding hydrogens is 282 g/mol. The van der Waals surface area contributed by atoms with Crippen LogP contribution in [-0.2, 0) is 9.59 Å². The van der Waals surface area contributed by atoms with E-state index in [4.69, 9.17) is 5.11 Å². The normalized spacial score (nSPS) is 12.4. The molecule has 7 nitrogen and oxygen atoms in total. The van der Waals surface area contributed by atoms with E-state index in [1.54, 1.807) is 13.8 Å². The predicted octanol–water partition coefficient (Wildman–Crippen LogP) is 0.264. The number of urea groups is 1. The van der Waals surface area contributed by atoms with Crippen molar-refractivity contribution in [2.45, 2.75) is 26.3 Å². The summed E-state index contributed by atoms with van der Waals surface area (Å²) < 4.78 is 0. The van der Waals surface area contributed by atoms with Crippen molar-refractivity contribution in [2.75, 3.05) is 25.6 Å². The fraction of sp³-hybridized carbons (Fsp3) is 0.750. The maximum Gasteiger partial charge on any atom is 0.326 e. The highest BCUT2D eigenvalue weighted by atomic mass is 32.2. The average Bonchev–Trinajstić information content (AvgIpc) is 2.39. The van der Waals surface area contributed by atoms with E-state index in [2.05, 4.69) is 16.0 Å². The van der Waals surface area contributed by atoms with Gasteiger partial charge in [0.05, 0.1) is 5.41 Å². The molecule has 0 heterocycles. The number of thioether (sulfide) groups is 1. The lowest BCUT2D eigenvalue weighted by Gasteiger charge is -2.23. The fourth-order valence-corrected chi connectivity index (χ4v) is 1.89. The Bertz CT molecular complexity index is 361. The van der Waals surface area contributed by atoms with Gasteiger partial charge in [0.1, 0.15) is 6.04 Å². The largest absolute Gasteiger partial charge is 0.480 e. The third-order valence-corrected chi connectivity index (χ3v) is 3.39. The van der Waals surface area contributed by atoms with Crippen LogP contribution in [-0.4, -0.2) is 54.7 Å². The lowest BCUT2D eigenvalue weighted by Crippen LogP contribution is -2.50. The Morgan fingerprint density at radius 1 is 1.30 bits per heavy atom. The van der Waals surface area contributed by atoms with Gasteiger partial charge in [-0.2, -0.15) is 11.8 Å². The molecule has 116 valence electrons. The minimum absolute atomic E-state index is 0.118. The van der Waals surface area contributed by atoms with Gasteiger partial charge < -0.3 is 21.1 Å². The Morgan fingerprint density at radius 3 is 2.35 bits per heavy atom. The Balaban J connectivity index is 4.33. The van der Waals surface area contributed by atoms with Gasteiger partial charge in [0.2, 0.25) is 5.91 Å². The molecule has 20 heavy (non-hydrogen) atoms. The van der Waals surface area contributed by atoms with Gasteiger partial charge in [-0.05, 0) is 32.3 Å². The summed E-state index contributed by atoms with van der Waals surface area (Å²) in [5.74, 6) is -0.629. The summed E-state index contributed by atoms with van der Waals surface area (Å²) in [5.41, 5.74) is -0.760. The number of carbonyl (C=O) groups excluding carboxylic acids is 2. The number of rotatable bonds is 8. The highest BCUT2D eigenvalue weighted by molar-refractivity contribution is 7.98. The van der Waals surface area contributed by atoms with Gasteiger partial charge in [0.15, 0.2) is 0 Å². The van der Waals surface area contributed by atoms with Crippen LogP contribution in [0.2, 0.25) is 0 Å². The average molecular weight is 305 g/mol. The van der Waals surface area contributed by atoms with Crippen LogP contribution >= 0.6 is 11.8 Å². The SMILES string of the molecule is CNC(=O)C(C)(C)CNC(=O)NC(CCSC)C(=O)O. The molecule has 0 aromatic rings. The summed E-state index contributed by atoms with van der Waals surface area (Å²) in [6, 6.07) is -1.51. The van der Waals surface area contributed by atoms with Gasteiger partial charge in [-0.15, -0.1) is 0 Å². The molecule has 0 saturated heterocycles. The predicted molar refractivity (Wildman–Crippen MR) is 78.8 cm³/mol. The smallest absolute Gasteiger partial charge is 0.326 e. The molecule has 0 aliphatic carbocycles. The second-order valence-electron chi connectivity index (χ2n) is 4.96. The first-order chi connectivity index (χ1) is 9.24. The topological polar surface area (TPSA) is 108 Å². The molecule has 0 aliphatic heterocycles. The fourth-order valence-electron chi connectivity index (χ4n) is 1.42. The lowest BCUT2D eigenvalue weighted by molar-refractivity contribution is -0.139. The molecule has 0 spiro atoms. The van der Waals surface area contributed by atoms with Crippen molar-refractivity contribution in [3.8, 4) is 0 Å². The third kappa shape index (κ3) is 6.65. The number of aliphatic carboxylic acids is 1. The Morgan fingerprint density at radius 2 is 1.90 bits per heavy atom. The van der Waals surface area contributed by atoms with Crippen LogP contribution in [0, 0.1) is 5.41 Å². The van der Waals surface area contributed by atoms with Gasteiger partial charge in [0, 0.05) is 13.6 Å². The molecule has 4 N–H and O–H groups in total. The van der Waals surface area contributed by atoms with Crippen molar-refractivity contribution in [2.24, 2.45) is 5.41 Å². The molecular formula is C12H23N3O4S. The molecule has 8 heteroatoms. The van der Waals surface area contributed by atoms with Gasteiger partial charge in [-0.3, -0.25) is 4.79 Å². The van der Waals surface area contributed by atoms with Crippen LogP contribution in [0.25, 0.3) is 0 Å². The molecule has 0 rings (SSSR count). The highest BCUT2D eigenvalue weighted by Gasteiger charge is 2.27. The van der Waals surface area contributed by atoms with E-state index in [1.807, 2.05) is 6.26 Å². The van der Waals surface area contributed by atoms with Crippen molar-refractivity contribution >= 4 is 29.7 Å². The molecule has 1 unspecified atom stereocenters. The number of hydrogen-bond donors (Lipinski definition) is 4. The van der Waals surface area contributed by atoms with Crippen LogP contribution in [0.1, 0.15) is 20.3 Å². The molecule has 0 aromatic carbocycles. The van der Waals surface area contributed by atoms with E-state index in [1.165, 1.54) is 18.8 Å². The van der Waals surface area contributed by atoms with E-state index in [0.29, 0.717) is 12.2 Å². The van der Waals surface area contributed by atoms with Gasteiger partial charge >= 0.3 is 12.0 Å². The summed E-state index contributed by atoms with van der Waals surface area (Å²) in [6.45, 7) is 3.50. The Labute approximate surface area is 123 Å². The summed E-state index contributed by atoms with van der Waals surface area (Å²) in [7, 11) is 1.52. The van der Waals surface area contributed by atoms with Crippen LogP contribution in [0.4, 0.5) is 4.79 Å². The molecule has 1 atom stereocenters. The summed E-state index contributed by atoms with van der Waals surface area (Å²) >= 11 is 1.51. The van der Waals surface area contributed by atoms with E-state index < -0.39 is 23.5 Å². The molecule has 3 amide bonds. The Hall–Kier alpha value is -1.44. The first-order valence-electron chi connectivity index (χ1n) is 6.23. The number of amides is 3. The quantitative estimate of drug-likeness (QED) is 0.515. The summed E-state index contributed by atoms with van der Waals surface area (Å²) in [4.78, 5) is 34.2. The second-order valence-corrected chi connectivity index (χ2v) is 5.95. The molecule has 0 aromatic heterocycles. The minimum Gasteiger partial charge on any atom is -0.480 e. The van der Waals surface area contributed by atoms with Crippen molar-refractivity contribution in [1.82, 2.24) is 16.0 Å². The Kier molecular flexibility index (Phi) is 8.05. The van der Waals surface area contributed by atoms with Crippen molar-refractivity contribution in [3.05, 3.63) is 0 Å². The van der Waals surface area contributed by atoms with E-state index in [0.717, 1.165) is 0 Å². The van der Waals surface area contributed by atoms with Crippen LogP contribution in [0.3, 0.4) is 0 Å². The minimum atomic E-state index is -1.07. The van der Waals surface area contributed by atoms with Crippen molar-refractivity contribution in [3.63, 3.8) is 0 Å². The van der Waals surface area contributed by atoms with Gasteiger partial charge in [-0.1, -0.05) is 0 Å². The van der Waals surface area contributed by atoms with Crippen molar-refractivity contribution in [1.29, 1.82) is 0 Å². The first kappa shape index (κ1) is 18.6. The van der Waals surface area contributed by atoms with Crippen molar-refractivity contribution < 1.29 is 19.5 Å². The van der Waals surface area contributed by atoms with Gasteiger partial charge in [-0.25, -0.2) is 9.59 Å². The maximum atomic E-state index is 11.7. The maximum absolute atomic E-state index is 11.7. The molecule has 0 radical (unpaired) electrons. The number of carboxylic acid groups (broad SMARTS) is 1. The number of nitrogens with one attached hydrogen (secondary N) is 3.